The molecular weight excluding hydrogens is 238 g/mol. The molecule has 1 aliphatic carbocycles. The van der Waals surface area contributed by atoms with Crippen LogP contribution in [-0.2, 0) is 16.6 Å². The molecule has 0 saturated heterocycles. The van der Waals surface area contributed by atoms with Crippen molar-refractivity contribution in [3.05, 3.63) is 41.3 Å². The maximum atomic E-state index is 12.2. The van der Waals surface area contributed by atoms with Crippen LogP contribution in [0, 0.1) is 5.92 Å². The molecule has 3 heteroatoms. The lowest BCUT2D eigenvalue weighted by atomic mass is 9.90. The quantitative estimate of drug-likeness (QED) is 0.833. The molecule has 0 aliphatic heterocycles. The van der Waals surface area contributed by atoms with Crippen LogP contribution in [0.2, 0.25) is 0 Å². The molecule has 3 nitrogen and oxygen atoms in total. The molecule has 0 aromatic carbocycles. The lowest BCUT2D eigenvalue weighted by Gasteiger charge is -2.13. The third-order valence-electron chi connectivity index (χ3n) is 3.35. The Hall–Kier alpha value is -1.64. The number of carbonyl (C=O) groups excluding carboxylic acids is 1. The minimum Gasteiger partial charge on any atom is -0.361 e. The van der Waals surface area contributed by atoms with E-state index in [0.717, 1.165) is 17.9 Å². The first-order valence-electron chi connectivity index (χ1n) is 6.70. The van der Waals surface area contributed by atoms with E-state index in [1.165, 1.54) is 5.57 Å². The second-order valence-electron chi connectivity index (χ2n) is 6.23. The first kappa shape index (κ1) is 13.8. The summed E-state index contributed by atoms with van der Waals surface area (Å²) in [7, 11) is 0. The first-order valence-corrected chi connectivity index (χ1v) is 6.70. The van der Waals surface area contributed by atoms with Gasteiger partial charge in [0.25, 0.3) is 0 Å². The zero-order valence-corrected chi connectivity index (χ0v) is 12.1. The van der Waals surface area contributed by atoms with Crippen molar-refractivity contribution in [1.29, 1.82) is 0 Å². The molecule has 2 rings (SSSR count). The molecule has 1 unspecified atom stereocenters. The van der Waals surface area contributed by atoms with Gasteiger partial charge >= 0.3 is 0 Å². The number of rotatable bonds is 3. The second-order valence-corrected chi connectivity index (χ2v) is 6.23. The number of aromatic nitrogens is 1. The number of allylic oxidation sites excluding steroid dienone is 4. The van der Waals surface area contributed by atoms with Gasteiger partial charge in [-0.25, -0.2) is 0 Å². The Bertz CT molecular complexity index is 529. The minimum atomic E-state index is -0.0705. The van der Waals surface area contributed by atoms with Crippen molar-refractivity contribution in [2.45, 2.75) is 46.0 Å². The maximum absolute atomic E-state index is 12.2. The topological polar surface area (TPSA) is 43.1 Å². The molecule has 0 spiro atoms. The van der Waals surface area contributed by atoms with E-state index in [0.29, 0.717) is 6.42 Å². The Morgan fingerprint density at radius 3 is 2.74 bits per heavy atom. The predicted octanol–water partition coefficient (Wildman–Crippen LogP) is 3.61. The molecule has 0 N–H and O–H groups in total. The molecule has 0 amide bonds. The van der Waals surface area contributed by atoms with Gasteiger partial charge in [0, 0.05) is 17.4 Å². The van der Waals surface area contributed by atoms with E-state index in [1.54, 1.807) is 0 Å². The zero-order valence-electron chi connectivity index (χ0n) is 12.1. The van der Waals surface area contributed by atoms with Crippen LogP contribution in [0.4, 0.5) is 0 Å². The smallest absolute Gasteiger partial charge is 0.146 e. The summed E-state index contributed by atoms with van der Waals surface area (Å²) in [5.41, 5.74) is 1.88. The summed E-state index contributed by atoms with van der Waals surface area (Å²) in [5.74, 6) is 1.01. The molecule has 1 heterocycles. The summed E-state index contributed by atoms with van der Waals surface area (Å²) in [5, 5.41) is 4.00. The number of carbonyl (C=O) groups is 1. The highest BCUT2D eigenvalue weighted by Crippen LogP contribution is 2.24. The van der Waals surface area contributed by atoms with E-state index in [4.69, 9.17) is 4.52 Å². The van der Waals surface area contributed by atoms with E-state index < -0.39 is 0 Å². The van der Waals surface area contributed by atoms with Crippen LogP contribution < -0.4 is 0 Å². The van der Waals surface area contributed by atoms with E-state index in [2.05, 4.69) is 32.0 Å². The van der Waals surface area contributed by atoms with Crippen LogP contribution in [0.1, 0.15) is 45.6 Å². The van der Waals surface area contributed by atoms with Crippen molar-refractivity contribution in [3.63, 3.8) is 0 Å². The average molecular weight is 259 g/mol. The van der Waals surface area contributed by atoms with Gasteiger partial charge in [-0.2, -0.15) is 0 Å². The highest BCUT2D eigenvalue weighted by Gasteiger charge is 2.22. The van der Waals surface area contributed by atoms with Gasteiger partial charge in [-0.1, -0.05) is 49.7 Å². The average Bonchev–Trinajstić information content (AvgIpc) is 2.78. The molecular formula is C16H21NO2. The lowest BCUT2D eigenvalue weighted by Crippen LogP contribution is -2.16. The molecule has 1 atom stereocenters. The molecule has 1 aliphatic rings. The Labute approximate surface area is 114 Å². The fraction of sp³-hybridized carbons (Fsp3) is 0.500. The monoisotopic (exact) mass is 259 g/mol. The normalized spacial score (nSPS) is 19.4. The number of ketones is 1. The van der Waals surface area contributed by atoms with E-state index in [9.17, 15) is 4.79 Å². The van der Waals surface area contributed by atoms with E-state index in [-0.39, 0.29) is 17.1 Å². The van der Waals surface area contributed by atoms with Crippen LogP contribution >= 0.6 is 0 Å². The molecule has 0 radical (unpaired) electrons. The van der Waals surface area contributed by atoms with Crippen molar-refractivity contribution in [1.82, 2.24) is 5.16 Å². The first-order chi connectivity index (χ1) is 8.86. The predicted molar refractivity (Wildman–Crippen MR) is 74.9 cm³/mol. The van der Waals surface area contributed by atoms with Crippen molar-refractivity contribution in [3.8, 4) is 0 Å². The highest BCUT2D eigenvalue weighted by molar-refractivity contribution is 5.85. The lowest BCUT2D eigenvalue weighted by molar-refractivity contribution is -0.120. The Kier molecular flexibility index (Phi) is 3.74. The Morgan fingerprint density at radius 1 is 1.47 bits per heavy atom. The van der Waals surface area contributed by atoms with Gasteiger partial charge in [0.1, 0.15) is 11.5 Å². The van der Waals surface area contributed by atoms with Crippen LogP contribution in [0.25, 0.3) is 0 Å². The van der Waals surface area contributed by atoms with Gasteiger partial charge in [0.05, 0.1) is 12.1 Å². The molecule has 0 bridgehead atoms. The summed E-state index contributed by atoms with van der Waals surface area (Å²) in [6.45, 7) is 8.24. The van der Waals surface area contributed by atoms with Gasteiger partial charge < -0.3 is 4.52 Å². The summed E-state index contributed by atoms with van der Waals surface area (Å²) in [6, 6.07) is 1.89. The molecule has 19 heavy (non-hydrogen) atoms. The fourth-order valence-corrected chi connectivity index (χ4v) is 2.02. The van der Waals surface area contributed by atoms with Crippen molar-refractivity contribution >= 4 is 5.78 Å². The molecule has 1 aromatic rings. The van der Waals surface area contributed by atoms with Crippen LogP contribution in [0.3, 0.4) is 0 Å². The molecule has 0 fully saturated rings. The van der Waals surface area contributed by atoms with Crippen molar-refractivity contribution < 1.29 is 9.32 Å². The summed E-state index contributed by atoms with van der Waals surface area (Å²) in [4.78, 5) is 12.2. The SMILES string of the molecule is CC1=CCC(C(=O)Cc2cc(C(C)(C)C)on2)C=C1. The van der Waals surface area contributed by atoms with Gasteiger partial charge in [-0.3, -0.25) is 4.79 Å². The minimum absolute atomic E-state index is 0.0153. The van der Waals surface area contributed by atoms with Crippen LogP contribution in [0.15, 0.2) is 34.4 Å². The Balaban J connectivity index is 2.00. The summed E-state index contributed by atoms with van der Waals surface area (Å²) >= 11 is 0. The van der Waals surface area contributed by atoms with Crippen LogP contribution in [0.5, 0.6) is 0 Å². The number of hydrogen-bond donors (Lipinski definition) is 0. The third-order valence-corrected chi connectivity index (χ3v) is 3.35. The van der Waals surface area contributed by atoms with E-state index in [1.807, 2.05) is 25.1 Å². The fourth-order valence-electron chi connectivity index (χ4n) is 2.02. The zero-order chi connectivity index (χ0) is 14.0. The summed E-state index contributed by atoms with van der Waals surface area (Å²) in [6.07, 6.45) is 7.25. The standard InChI is InChI=1S/C16H21NO2/c1-11-5-7-12(8-6-11)14(18)9-13-10-15(19-17-13)16(2,3)4/h5-7,10,12H,8-9H2,1-4H3. The second kappa shape index (κ2) is 5.16. The third kappa shape index (κ3) is 3.43. The molecule has 102 valence electrons. The van der Waals surface area contributed by atoms with Gasteiger partial charge in [-0.15, -0.1) is 0 Å². The maximum Gasteiger partial charge on any atom is 0.146 e. The molecule has 1 aromatic heterocycles. The molecule has 0 saturated carbocycles. The van der Waals surface area contributed by atoms with Crippen molar-refractivity contribution in [2.24, 2.45) is 5.92 Å². The van der Waals surface area contributed by atoms with Gasteiger partial charge in [-0.05, 0) is 13.3 Å². The highest BCUT2D eigenvalue weighted by atomic mass is 16.5. The van der Waals surface area contributed by atoms with Crippen LogP contribution in [-0.4, -0.2) is 10.9 Å². The van der Waals surface area contributed by atoms with Crippen molar-refractivity contribution in [2.75, 3.05) is 0 Å². The number of nitrogens with zero attached hydrogens (tertiary/aromatic N) is 1. The number of Topliss-reactive ketones (excluding diaryl/α,β-unsaturated/α-hetero) is 1. The largest absolute Gasteiger partial charge is 0.361 e. The Morgan fingerprint density at radius 2 is 2.21 bits per heavy atom. The van der Waals surface area contributed by atoms with E-state index >= 15 is 0 Å². The van der Waals surface area contributed by atoms with Gasteiger partial charge in [0.15, 0.2) is 0 Å². The summed E-state index contributed by atoms with van der Waals surface area (Å²) < 4.78 is 5.30. The van der Waals surface area contributed by atoms with Gasteiger partial charge in [0.2, 0.25) is 0 Å². The number of hydrogen-bond acceptors (Lipinski definition) is 3.